The average molecular weight is 409 g/mol. The van der Waals surface area contributed by atoms with E-state index < -0.39 is 0 Å². The minimum atomic E-state index is 0.389. The third kappa shape index (κ3) is 6.28. The molecular formula is C27H24N2O2. The van der Waals surface area contributed by atoms with Crippen molar-refractivity contribution in [3.05, 3.63) is 126 Å². The summed E-state index contributed by atoms with van der Waals surface area (Å²) in [6.45, 7) is 0.835. The number of ether oxygens (including phenoxy) is 2. The fraction of sp³-hybridized carbons (Fsp3) is 0.111. The van der Waals surface area contributed by atoms with Crippen LogP contribution in [0.1, 0.15) is 22.4 Å². The summed E-state index contributed by atoms with van der Waals surface area (Å²) in [7, 11) is 0. The maximum Gasteiger partial charge on any atom is 0.276 e. The van der Waals surface area contributed by atoms with Crippen LogP contribution in [-0.2, 0) is 19.6 Å². The van der Waals surface area contributed by atoms with Crippen LogP contribution < -0.4 is 9.47 Å². The fourth-order valence-electron chi connectivity index (χ4n) is 3.05. The Balaban J connectivity index is 1.48. The van der Waals surface area contributed by atoms with Crippen LogP contribution >= 0.6 is 0 Å². The first kappa shape index (κ1) is 20.4. The Hall–Kier alpha value is -3.92. The second-order valence-electron chi connectivity index (χ2n) is 7.08. The van der Waals surface area contributed by atoms with Crippen molar-refractivity contribution in [3.8, 4) is 11.6 Å². The number of rotatable bonds is 9. The van der Waals surface area contributed by atoms with Crippen molar-refractivity contribution in [2.45, 2.75) is 19.6 Å². The molecule has 0 unspecified atom stereocenters. The lowest BCUT2D eigenvalue weighted by atomic mass is 10.1. The van der Waals surface area contributed by atoms with Gasteiger partial charge < -0.3 is 9.47 Å². The molecular weight excluding hydrogens is 384 g/mol. The molecule has 0 amide bonds. The number of hydrogen-bond donors (Lipinski definition) is 0. The summed E-state index contributed by atoms with van der Waals surface area (Å²) < 4.78 is 12.0. The van der Waals surface area contributed by atoms with Crippen molar-refractivity contribution in [2.75, 3.05) is 0 Å². The second-order valence-corrected chi connectivity index (χ2v) is 7.08. The van der Waals surface area contributed by atoms with Crippen LogP contribution in [0, 0.1) is 0 Å². The van der Waals surface area contributed by atoms with E-state index >= 15 is 0 Å². The minimum absolute atomic E-state index is 0.389. The van der Waals surface area contributed by atoms with Crippen LogP contribution in [-0.4, -0.2) is 10.2 Å². The molecule has 154 valence electrons. The van der Waals surface area contributed by atoms with Crippen LogP contribution in [0.4, 0.5) is 0 Å². The molecule has 0 atom stereocenters. The summed E-state index contributed by atoms with van der Waals surface area (Å²) >= 11 is 0. The number of aromatic nitrogens is 2. The average Bonchev–Trinajstić information content (AvgIpc) is 2.84. The summed E-state index contributed by atoms with van der Waals surface area (Å²) in [5.74, 6) is 0.967. The van der Waals surface area contributed by atoms with Gasteiger partial charge in [0.25, 0.3) is 5.88 Å². The predicted octanol–water partition coefficient (Wildman–Crippen LogP) is 5.89. The van der Waals surface area contributed by atoms with Gasteiger partial charge in [-0.05, 0) is 29.2 Å². The Morgan fingerprint density at radius 2 is 1.16 bits per heavy atom. The lowest BCUT2D eigenvalue weighted by molar-refractivity contribution is 0.244. The fourth-order valence-corrected chi connectivity index (χ4v) is 3.05. The van der Waals surface area contributed by atoms with Gasteiger partial charge in [0.2, 0.25) is 0 Å². The van der Waals surface area contributed by atoms with Crippen molar-refractivity contribution in [1.29, 1.82) is 0 Å². The number of benzene rings is 3. The van der Waals surface area contributed by atoms with Gasteiger partial charge in [-0.3, -0.25) is 0 Å². The first-order valence-electron chi connectivity index (χ1n) is 10.3. The van der Waals surface area contributed by atoms with E-state index in [1.54, 1.807) is 0 Å². The van der Waals surface area contributed by atoms with E-state index in [4.69, 9.17) is 9.47 Å². The van der Waals surface area contributed by atoms with Crippen molar-refractivity contribution < 1.29 is 9.47 Å². The monoisotopic (exact) mass is 408 g/mol. The van der Waals surface area contributed by atoms with Gasteiger partial charge in [0, 0.05) is 6.07 Å². The van der Waals surface area contributed by atoms with Gasteiger partial charge >= 0.3 is 0 Å². The maximum absolute atomic E-state index is 6.06. The largest absolute Gasteiger partial charge is 0.483 e. The highest BCUT2D eigenvalue weighted by Gasteiger charge is 2.10. The minimum Gasteiger partial charge on any atom is -0.483 e. The summed E-state index contributed by atoms with van der Waals surface area (Å²) in [4.78, 5) is 0. The molecule has 3 aromatic carbocycles. The van der Waals surface area contributed by atoms with Gasteiger partial charge in [-0.1, -0.05) is 97.1 Å². The van der Waals surface area contributed by atoms with E-state index in [2.05, 4.69) is 28.4 Å². The summed E-state index contributed by atoms with van der Waals surface area (Å²) in [5, 5.41) is 8.58. The highest BCUT2D eigenvalue weighted by molar-refractivity contribution is 5.49. The standard InChI is InChI=1S/C27H24N2O2/c1-4-11-22(12-5-1)17-10-18-25-19-26(30-20-23-13-6-2-7-14-23)27(29-28-25)31-21-24-15-8-3-9-16-24/h1-16,18-19H,17,20-21H2. The SMILES string of the molecule is C(=Cc1cc(OCc2ccccc2)c(OCc2ccccc2)nn1)Cc1ccccc1. The van der Waals surface area contributed by atoms with Gasteiger partial charge in [0.05, 0.1) is 5.69 Å². The quantitative estimate of drug-likeness (QED) is 0.346. The Morgan fingerprint density at radius 3 is 1.77 bits per heavy atom. The third-order valence-electron chi connectivity index (χ3n) is 4.69. The molecule has 0 saturated heterocycles. The zero-order chi connectivity index (χ0) is 21.1. The molecule has 4 heteroatoms. The Morgan fingerprint density at radius 1 is 0.613 bits per heavy atom. The molecule has 1 heterocycles. The smallest absolute Gasteiger partial charge is 0.276 e. The topological polar surface area (TPSA) is 44.2 Å². The first-order chi connectivity index (χ1) is 15.4. The van der Waals surface area contributed by atoms with Crippen molar-refractivity contribution >= 4 is 6.08 Å². The normalized spacial score (nSPS) is 10.8. The van der Waals surface area contributed by atoms with E-state index in [1.807, 2.05) is 91.0 Å². The lowest BCUT2D eigenvalue weighted by Gasteiger charge is -2.12. The van der Waals surface area contributed by atoms with E-state index in [0.717, 1.165) is 23.2 Å². The van der Waals surface area contributed by atoms with Gasteiger partial charge in [0.1, 0.15) is 13.2 Å². The molecule has 0 radical (unpaired) electrons. The zero-order valence-electron chi connectivity index (χ0n) is 17.2. The zero-order valence-corrected chi connectivity index (χ0v) is 17.2. The molecule has 31 heavy (non-hydrogen) atoms. The summed E-state index contributed by atoms with van der Waals surface area (Å²) in [5.41, 5.74) is 4.11. The molecule has 0 aliphatic carbocycles. The van der Waals surface area contributed by atoms with E-state index in [1.165, 1.54) is 5.56 Å². The Bertz CT molecular complexity index is 1100. The molecule has 0 aliphatic heterocycles. The molecule has 0 saturated carbocycles. The van der Waals surface area contributed by atoms with Gasteiger partial charge in [-0.15, -0.1) is 10.2 Å². The summed E-state index contributed by atoms with van der Waals surface area (Å²) in [6, 6.07) is 32.2. The predicted molar refractivity (Wildman–Crippen MR) is 123 cm³/mol. The van der Waals surface area contributed by atoms with Crippen LogP contribution in [0.15, 0.2) is 103 Å². The lowest BCUT2D eigenvalue weighted by Crippen LogP contribution is -2.04. The maximum atomic E-state index is 6.06. The Kier molecular flexibility index (Phi) is 7.05. The summed E-state index contributed by atoms with van der Waals surface area (Å²) in [6.07, 6.45) is 4.86. The number of nitrogens with zero attached hydrogens (tertiary/aromatic N) is 2. The van der Waals surface area contributed by atoms with Crippen molar-refractivity contribution in [1.82, 2.24) is 10.2 Å². The van der Waals surface area contributed by atoms with Gasteiger partial charge in [-0.2, -0.15) is 0 Å². The van der Waals surface area contributed by atoms with Gasteiger partial charge in [-0.25, -0.2) is 0 Å². The first-order valence-corrected chi connectivity index (χ1v) is 10.3. The van der Waals surface area contributed by atoms with Crippen molar-refractivity contribution in [3.63, 3.8) is 0 Å². The molecule has 1 aromatic heterocycles. The van der Waals surface area contributed by atoms with Crippen LogP contribution in [0.3, 0.4) is 0 Å². The molecule has 0 aliphatic rings. The van der Waals surface area contributed by atoms with Crippen molar-refractivity contribution in [2.24, 2.45) is 0 Å². The molecule has 0 N–H and O–H groups in total. The molecule has 4 rings (SSSR count). The van der Waals surface area contributed by atoms with E-state index in [0.29, 0.717) is 24.8 Å². The van der Waals surface area contributed by atoms with E-state index in [-0.39, 0.29) is 0 Å². The highest BCUT2D eigenvalue weighted by atomic mass is 16.5. The van der Waals surface area contributed by atoms with E-state index in [9.17, 15) is 0 Å². The molecule has 4 nitrogen and oxygen atoms in total. The number of allylic oxidation sites excluding steroid dienone is 1. The second kappa shape index (κ2) is 10.7. The Labute approximate surface area is 182 Å². The van der Waals surface area contributed by atoms with Crippen LogP contribution in [0.2, 0.25) is 0 Å². The molecule has 0 spiro atoms. The molecule has 4 aromatic rings. The van der Waals surface area contributed by atoms with Crippen LogP contribution in [0.5, 0.6) is 11.6 Å². The van der Waals surface area contributed by atoms with Gasteiger partial charge in [0.15, 0.2) is 5.75 Å². The molecule has 0 fully saturated rings. The van der Waals surface area contributed by atoms with Crippen LogP contribution in [0.25, 0.3) is 6.08 Å². The highest BCUT2D eigenvalue weighted by Crippen LogP contribution is 2.26. The molecule has 0 bridgehead atoms. The number of hydrogen-bond acceptors (Lipinski definition) is 4. The third-order valence-corrected chi connectivity index (χ3v) is 4.69.